The van der Waals surface area contributed by atoms with E-state index in [2.05, 4.69) is 5.32 Å². The molecule has 1 N–H and O–H groups in total. The van der Waals surface area contributed by atoms with Gasteiger partial charge in [0.15, 0.2) is 6.61 Å². The molecule has 3 amide bonds. The van der Waals surface area contributed by atoms with Crippen molar-refractivity contribution in [2.45, 2.75) is 39.0 Å². The molecule has 0 radical (unpaired) electrons. The summed E-state index contributed by atoms with van der Waals surface area (Å²) in [4.78, 5) is 49.7. The largest absolute Gasteiger partial charge is 0.456 e. The third-order valence-corrected chi connectivity index (χ3v) is 5.55. The molecule has 2 atom stereocenters. The van der Waals surface area contributed by atoms with Gasteiger partial charge in [-0.2, -0.15) is 0 Å². The molecular formula is C20H23ClN2O5. The molecule has 2 fully saturated rings. The van der Waals surface area contributed by atoms with E-state index in [1.54, 1.807) is 18.2 Å². The zero-order valence-corrected chi connectivity index (χ0v) is 16.5. The van der Waals surface area contributed by atoms with Crippen molar-refractivity contribution < 1.29 is 23.9 Å². The first-order valence-electron chi connectivity index (χ1n) is 9.43. The maximum atomic E-state index is 12.4. The number of aryl methyl sites for hydroxylation is 1. The number of rotatable bonds is 6. The summed E-state index contributed by atoms with van der Waals surface area (Å²) in [5.74, 6) is -1.99. The predicted octanol–water partition coefficient (Wildman–Crippen LogP) is 2.70. The van der Waals surface area contributed by atoms with Crippen molar-refractivity contribution in [3.63, 3.8) is 0 Å². The molecule has 1 saturated carbocycles. The van der Waals surface area contributed by atoms with Gasteiger partial charge in [0.05, 0.1) is 29.0 Å². The van der Waals surface area contributed by atoms with E-state index < -0.39 is 18.5 Å². The summed E-state index contributed by atoms with van der Waals surface area (Å²) in [5.41, 5.74) is 1.39. The molecule has 0 bridgehead atoms. The molecule has 3 rings (SSSR count). The molecule has 1 aromatic rings. The second-order valence-corrected chi connectivity index (χ2v) is 7.67. The number of anilines is 1. The summed E-state index contributed by atoms with van der Waals surface area (Å²) < 4.78 is 4.95. The minimum atomic E-state index is -0.638. The van der Waals surface area contributed by atoms with Crippen molar-refractivity contribution in [3.05, 3.63) is 28.8 Å². The molecule has 7 nitrogen and oxygen atoms in total. The van der Waals surface area contributed by atoms with Gasteiger partial charge in [-0.1, -0.05) is 30.5 Å². The van der Waals surface area contributed by atoms with E-state index in [-0.39, 0.29) is 36.6 Å². The SMILES string of the molecule is Cc1ccc(NC(=O)COC(=O)CCN2C(=O)[C@H]3CCCC[C@H]3C2=O)c(Cl)c1. The lowest BCUT2D eigenvalue weighted by Gasteiger charge is -2.19. The molecule has 8 heteroatoms. The number of nitrogens with zero attached hydrogens (tertiary/aromatic N) is 1. The Morgan fingerprint density at radius 3 is 2.43 bits per heavy atom. The van der Waals surface area contributed by atoms with Crippen LogP contribution in [0.2, 0.25) is 5.02 Å². The number of likely N-dealkylation sites (tertiary alicyclic amines) is 1. The molecule has 1 aromatic carbocycles. The standard InChI is InChI=1S/C20H23ClN2O5/c1-12-6-7-16(15(21)10-12)22-17(24)11-28-18(25)8-9-23-19(26)13-4-2-3-5-14(13)20(23)27/h6-7,10,13-14H,2-5,8-9,11H2,1H3,(H,22,24)/t13-,14+. The van der Waals surface area contributed by atoms with Crippen LogP contribution in [0.1, 0.15) is 37.7 Å². The molecule has 0 spiro atoms. The second-order valence-electron chi connectivity index (χ2n) is 7.27. The van der Waals surface area contributed by atoms with Gasteiger partial charge in [-0.05, 0) is 37.5 Å². The van der Waals surface area contributed by atoms with Gasteiger partial charge in [0.2, 0.25) is 11.8 Å². The molecule has 0 unspecified atom stereocenters. The third-order valence-electron chi connectivity index (χ3n) is 5.23. The monoisotopic (exact) mass is 406 g/mol. The van der Waals surface area contributed by atoms with E-state index in [0.29, 0.717) is 10.7 Å². The van der Waals surface area contributed by atoms with Gasteiger partial charge in [-0.15, -0.1) is 0 Å². The summed E-state index contributed by atoms with van der Waals surface area (Å²) in [5, 5.41) is 2.97. The number of carbonyl (C=O) groups is 4. The molecular weight excluding hydrogens is 384 g/mol. The Hall–Kier alpha value is -2.41. The smallest absolute Gasteiger partial charge is 0.308 e. The van der Waals surface area contributed by atoms with Crippen molar-refractivity contribution in [3.8, 4) is 0 Å². The van der Waals surface area contributed by atoms with E-state index >= 15 is 0 Å². The van der Waals surface area contributed by atoms with Crippen LogP contribution in [0.25, 0.3) is 0 Å². The summed E-state index contributed by atoms with van der Waals surface area (Å²) in [6.45, 7) is 1.41. The van der Waals surface area contributed by atoms with Crippen molar-refractivity contribution in [1.29, 1.82) is 0 Å². The van der Waals surface area contributed by atoms with E-state index in [4.69, 9.17) is 16.3 Å². The number of nitrogens with one attached hydrogen (secondary N) is 1. The van der Waals surface area contributed by atoms with E-state index in [1.807, 2.05) is 6.92 Å². The molecule has 2 aliphatic rings. The van der Waals surface area contributed by atoms with Crippen LogP contribution < -0.4 is 5.32 Å². The van der Waals surface area contributed by atoms with Crippen LogP contribution in [-0.4, -0.2) is 41.7 Å². The van der Waals surface area contributed by atoms with Gasteiger partial charge in [-0.25, -0.2) is 0 Å². The number of ether oxygens (including phenoxy) is 1. The molecule has 1 aliphatic carbocycles. The zero-order chi connectivity index (χ0) is 20.3. The number of fused-ring (bicyclic) bond motifs is 1. The lowest BCUT2D eigenvalue weighted by molar-refractivity contribution is -0.148. The third kappa shape index (κ3) is 4.52. The summed E-state index contributed by atoms with van der Waals surface area (Å²) in [6.07, 6.45) is 3.25. The highest BCUT2D eigenvalue weighted by Gasteiger charge is 2.47. The Morgan fingerprint density at radius 1 is 1.18 bits per heavy atom. The number of carbonyl (C=O) groups excluding carboxylic acids is 4. The minimum Gasteiger partial charge on any atom is -0.456 e. The summed E-state index contributed by atoms with van der Waals surface area (Å²) in [6, 6.07) is 5.18. The second kappa shape index (κ2) is 8.73. The normalized spacial score (nSPS) is 21.4. The number of imide groups is 1. The molecule has 1 heterocycles. The quantitative estimate of drug-likeness (QED) is 0.579. The van der Waals surface area contributed by atoms with Crippen molar-refractivity contribution in [2.75, 3.05) is 18.5 Å². The number of halogens is 1. The van der Waals surface area contributed by atoms with Gasteiger partial charge in [0.25, 0.3) is 5.91 Å². The van der Waals surface area contributed by atoms with Crippen LogP contribution in [0.3, 0.4) is 0 Å². The Bertz CT molecular complexity index is 786. The van der Waals surface area contributed by atoms with Crippen LogP contribution in [-0.2, 0) is 23.9 Å². The first-order valence-corrected chi connectivity index (χ1v) is 9.81. The van der Waals surface area contributed by atoms with Crippen molar-refractivity contribution in [2.24, 2.45) is 11.8 Å². The molecule has 150 valence electrons. The number of esters is 1. The zero-order valence-electron chi connectivity index (χ0n) is 15.7. The average molecular weight is 407 g/mol. The van der Waals surface area contributed by atoms with Gasteiger partial charge >= 0.3 is 5.97 Å². The topological polar surface area (TPSA) is 92.8 Å². The molecule has 0 aromatic heterocycles. The maximum Gasteiger partial charge on any atom is 0.308 e. The van der Waals surface area contributed by atoms with Crippen LogP contribution >= 0.6 is 11.6 Å². The Balaban J connectivity index is 1.44. The highest BCUT2D eigenvalue weighted by atomic mass is 35.5. The van der Waals surface area contributed by atoms with Crippen LogP contribution in [0.4, 0.5) is 5.69 Å². The Labute approximate surface area is 168 Å². The lowest BCUT2D eigenvalue weighted by Crippen LogP contribution is -2.33. The fourth-order valence-corrected chi connectivity index (χ4v) is 4.06. The first-order chi connectivity index (χ1) is 13.4. The number of hydrogen-bond acceptors (Lipinski definition) is 5. The van der Waals surface area contributed by atoms with Gasteiger partial charge in [-0.3, -0.25) is 24.1 Å². The number of amides is 3. The number of hydrogen-bond donors (Lipinski definition) is 1. The molecule has 28 heavy (non-hydrogen) atoms. The molecule has 1 aliphatic heterocycles. The highest BCUT2D eigenvalue weighted by molar-refractivity contribution is 6.33. The van der Waals surface area contributed by atoms with E-state index in [1.165, 1.54) is 4.90 Å². The summed E-state index contributed by atoms with van der Waals surface area (Å²) in [7, 11) is 0. The van der Waals surface area contributed by atoms with Gasteiger partial charge < -0.3 is 10.1 Å². The fraction of sp³-hybridized carbons (Fsp3) is 0.500. The van der Waals surface area contributed by atoms with E-state index in [9.17, 15) is 19.2 Å². The maximum absolute atomic E-state index is 12.4. The van der Waals surface area contributed by atoms with E-state index in [0.717, 1.165) is 31.2 Å². The fourth-order valence-electron chi connectivity index (χ4n) is 3.78. The van der Waals surface area contributed by atoms with Crippen LogP contribution in [0, 0.1) is 18.8 Å². The average Bonchev–Trinajstić information content (AvgIpc) is 2.91. The molecule has 1 saturated heterocycles. The minimum absolute atomic E-state index is 0.00505. The Kier molecular flexibility index (Phi) is 6.34. The van der Waals surface area contributed by atoms with Gasteiger partial charge in [0, 0.05) is 6.54 Å². The first kappa shape index (κ1) is 20.3. The van der Waals surface area contributed by atoms with Crippen molar-refractivity contribution >= 4 is 41.0 Å². The van der Waals surface area contributed by atoms with Gasteiger partial charge in [0.1, 0.15) is 0 Å². The lowest BCUT2D eigenvalue weighted by atomic mass is 9.81. The predicted molar refractivity (Wildman–Crippen MR) is 103 cm³/mol. The van der Waals surface area contributed by atoms with Crippen molar-refractivity contribution in [1.82, 2.24) is 4.90 Å². The summed E-state index contributed by atoms with van der Waals surface area (Å²) >= 11 is 6.05. The van der Waals surface area contributed by atoms with Crippen LogP contribution in [0.5, 0.6) is 0 Å². The highest BCUT2D eigenvalue weighted by Crippen LogP contribution is 2.37. The number of benzene rings is 1. The van der Waals surface area contributed by atoms with Crippen LogP contribution in [0.15, 0.2) is 18.2 Å². The Morgan fingerprint density at radius 2 is 1.82 bits per heavy atom.